The van der Waals surface area contributed by atoms with Gasteiger partial charge in [0.15, 0.2) is 5.82 Å². The van der Waals surface area contributed by atoms with Crippen LogP contribution >= 0.6 is 11.8 Å². The first-order valence-electron chi connectivity index (χ1n) is 7.37. The summed E-state index contributed by atoms with van der Waals surface area (Å²) in [6.45, 7) is 1.64. The third kappa shape index (κ3) is 3.18. The Morgan fingerprint density at radius 1 is 0.913 bits per heavy atom. The molecule has 1 aliphatic rings. The van der Waals surface area contributed by atoms with E-state index in [1.165, 1.54) is 16.0 Å². The van der Waals surface area contributed by atoms with Gasteiger partial charge in [-0.05, 0) is 35.4 Å². The lowest BCUT2D eigenvalue weighted by Crippen LogP contribution is -2.13. The van der Waals surface area contributed by atoms with Crippen molar-refractivity contribution in [3.63, 3.8) is 0 Å². The molecule has 1 aliphatic heterocycles. The van der Waals surface area contributed by atoms with E-state index in [0.717, 1.165) is 29.6 Å². The molecular weight excluding hydrogens is 306 g/mol. The van der Waals surface area contributed by atoms with Gasteiger partial charge < -0.3 is 10.6 Å². The van der Waals surface area contributed by atoms with Gasteiger partial charge in [-0.1, -0.05) is 17.8 Å². The van der Waals surface area contributed by atoms with E-state index < -0.39 is 0 Å². The fraction of sp³-hybridized carbons (Fsp3) is 0.118. The highest BCUT2D eigenvalue weighted by Gasteiger charge is 2.17. The maximum absolute atomic E-state index is 4.34. The van der Waals surface area contributed by atoms with Crippen molar-refractivity contribution in [2.75, 3.05) is 5.32 Å². The highest BCUT2D eigenvalue weighted by molar-refractivity contribution is 7.99. The van der Waals surface area contributed by atoms with Crippen LogP contribution in [0.25, 0.3) is 0 Å². The topological polar surface area (TPSA) is 62.7 Å². The first-order valence-corrected chi connectivity index (χ1v) is 8.18. The van der Waals surface area contributed by atoms with Gasteiger partial charge in [-0.2, -0.15) is 0 Å². The summed E-state index contributed by atoms with van der Waals surface area (Å²) in [6.07, 6.45) is 7.05. The highest BCUT2D eigenvalue weighted by Crippen LogP contribution is 2.41. The van der Waals surface area contributed by atoms with Crippen LogP contribution in [0.3, 0.4) is 0 Å². The Labute approximate surface area is 138 Å². The van der Waals surface area contributed by atoms with Crippen LogP contribution in [-0.4, -0.2) is 15.0 Å². The molecule has 5 nitrogen and oxygen atoms in total. The zero-order valence-electron chi connectivity index (χ0n) is 12.4. The minimum Gasteiger partial charge on any atom is -0.337 e. The summed E-state index contributed by atoms with van der Waals surface area (Å²) in [7, 11) is 0. The van der Waals surface area contributed by atoms with Crippen LogP contribution in [0.4, 0.5) is 11.5 Å². The van der Waals surface area contributed by atoms with Crippen LogP contribution in [0.2, 0.25) is 0 Å². The average molecular weight is 321 g/mol. The molecular formula is C17H15N5S. The number of benzene rings is 1. The number of anilines is 2. The van der Waals surface area contributed by atoms with E-state index in [4.69, 9.17) is 0 Å². The third-order valence-corrected chi connectivity index (χ3v) is 4.64. The van der Waals surface area contributed by atoms with E-state index in [2.05, 4.69) is 43.8 Å². The van der Waals surface area contributed by atoms with Crippen molar-refractivity contribution in [2.24, 2.45) is 0 Å². The summed E-state index contributed by atoms with van der Waals surface area (Å²) in [5, 5.41) is 7.73. The fourth-order valence-corrected chi connectivity index (χ4v) is 3.32. The first-order chi connectivity index (χ1) is 11.4. The monoisotopic (exact) mass is 321 g/mol. The molecule has 0 aliphatic carbocycles. The molecule has 0 atom stereocenters. The van der Waals surface area contributed by atoms with Crippen molar-refractivity contribution < 1.29 is 0 Å². The van der Waals surface area contributed by atoms with Crippen molar-refractivity contribution in [2.45, 2.75) is 23.0 Å². The molecule has 4 rings (SSSR count). The van der Waals surface area contributed by atoms with Crippen molar-refractivity contribution in [3.05, 3.63) is 66.2 Å². The lowest BCUT2D eigenvalue weighted by atomic mass is 10.2. The van der Waals surface area contributed by atoms with Crippen LogP contribution < -0.4 is 10.6 Å². The third-order valence-electron chi connectivity index (χ3n) is 3.58. The molecule has 3 aromatic rings. The van der Waals surface area contributed by atoms with Crippen molar-refractivity contribution in [1.82, 2.24) is 20.3 Å². The van der Waals surface area contributed by atoms with Gasteiger partial charge in [-0.25, -0.2) is 9.97 Å². The summed E-state index contributed by atoms with van der Waals surface area (Å²) in [6, 6.07) is 10.5. The average Bonchev–Trinajstić information content (AvgIpc) is 2.61. The zero-order valence-corrected chi connectivity index (χ0v) is 13.2. The lowest BCUT2D eigenvalue weighted by molar-refractivity contribution is 0.692. The molecule has 0 saturated carbocycles. The Balaban J connectivity index is 1.44. The minimum atomic E-state index is 0.815. The summed E-state index contributed by atoms with van der Waals surface area (Å²) in [5.41, 5.74) is 3.56. The minimum absolute atomic E-state index is 0.815. The number of pyridine rings is 1. The van der Waals surface area contributed by atoms with Gasteiger partial charge in [-0.3, -0.25) is 4.98 Å². The van der Waals surface area contributed by atoms with Crippen LogP contribution in [0.1, 0.15) is 11.1 Å². The van der Waals surface area contributed by atoms with Gasteiger partial charge >= 0.3 is 0 Å². The lowest BCUT2D eigenvalue weighted by Gasteiger charge is -2.19. The Morgan fingerprint density at radius 2 is 1.74 bits per heavy atom. The molecule has 114 valence electrons. The number of hydrogen-bond donors (Lipinski definition) is 2. The number of nitrogens with zero attached hydrogens (tertiary/aromatic N) is 3. The van der Waals surface area contributed by atoms with Gasteiger partial charge in [-0.15, -0.1) is 0 Å². The molecule has 0 bridgehead atoms. The Hall–Kier alpha value is -2.44. The van der Waals surface area contributed by atoms with Gasteiger partial charge in [0.25, 0.3) is 0 Å². The largest absolute Gasteiger partial charge is 0.337 e. The molecule has 23 heavy (non-hydrogen) atoms. The Kier molecular flexibility index (Phi) is 3.92. The molecule has 6 heteroatoms. The van der Waals surface area contributed by atoms with Crippen LogP contribution in [-0.2, 0) is 13.1 Å². The molecule has 0 amide bonds. The van der Waals surface area contributed by atoms with Crippen LogP contribution in [0.5, 0.6) is 0 Å². The summed E-state index contributed by atoms with van der Waals surface area (Å²) in [4.78, 5) is 13.9. The SMILES string of the molecule is c1cc(CNCc2ccc3c(c2)Nc2nccnc2S3)ccn1. The quantitative estimate of drug-likeness (QED) is 0.601. The molecule has 0 fully saturated rings. The predicted octanol–water partition coefficient (Wildman–Crippen LogP) is 3.37. The summed E-state index contributed by atoms with van der Waals surface area (Å²) in [5.74, 6) is 0.826. The summed E-state index contributed by atoms with van der Waals surface area (Å²) >= 11 is 1.65. The number of fused-ring (bicyclic) bond motifs is 2. The van der Waals surface area contributed by atoms with Crippen LogP contribution in [0, 0.1) is 0 Å². The molecule has 0 unspecified atom stereocenters. The number of nitrogens with one attached hydrogen (secondary N) is 2. The van der Waals surface area contributed by atoms with Crippen molar-refractivity contribution in [1.29, 1.82) is 0 Å². The maximum Gasteiger partial charge on any atom is 0.163 e. The zero-order chi connectivity index (χ0) is 15.5. The van der Waals surface area contributed by atoms with Gasteiger partial charge in [0.2, 0.25) is 0 Å². The van der Waals surface area contributed by atoms with Crippen molar-refractivity contribution in [3.8, 4) is 0 Å². The highest BCUT2D eigenvalue weighted by atomic mass is 32.2. The molecule has 2 aromatic heterocycles. The van der Waals surface area contributed by atoms with E-state index >= 15 is 0 Å². The fourth-order valence-electron chi connectivity index (χ4n) is 2.44. The second-order valence-corrected chi connectivity index (χ2v) is 6.26. The maximum atomic E-state index is 4.34. The summed E-state index contributed by atoms with van der Waals surface area (Å²) < 4.78 is 0. The van der Waals surface area contributed by atoms with E-state index in [9.17, 15) is 0 Å². The van der Waals surface area contributed by atoms with E-state index in [-0.39, 0.29) is 0 Å². The first kappa shape index (κ1) is 14.2. The Bertz CT molecular complexity index is 822. The molecule has 2 N–H and O–H groups in total. The van der Waals surface area contributed by atoms with Crippen LogP contribution in [0.15, 0.2) is 65.0 Å². The standard InChI is InChI=1S/C17H15N5S/c1-2-15-14(22-16-17(23-15)21-8-7-20-16)9-13(1)11-19-10-12-3-5-18-6-4-12/h1-9,19H,10-11H2,(H,20,22). The molecule has 1 aromatic carbocycles. The number of aromatic nitrogens is 3. The predicted molar refractivity (Wildman–Crippen MR) is 90.7 cm³/mol. The molecule has 0 saturated heterocycles. The van der Waals surface area contributed by atoms with Gasteiger partial charge in [0, 0.05) is 42.8 Å². The second-order valence-electron chi connectivity index (χ2n) is 5.23. The van der Waals surface area contributed by atoms with E-state index in [1.807, 2.05) is 24.5 Å². The van der Waals surface area contributed by atoms with E-state index in [0.29, 0.717) is 0 Å². The van der Waals surface area contributed by atoms with Crippen molar-refractivity contribution >= 4 is 23.3 Å². The normalized spacial score (nSPS) is 12.2. The van der Waals surface area contributed by atoms with Gasteiger partial charge in [0.05, 0.1) is 5.69 Å². The second kappa shape index (κ2) is 6.36. The van der Waals surface area contributed by atoms with Gasteiger partial charge in [0.1, 0.15) is 5.03 Å². The Morgan fingerprint density at radius 3 is 2.65 bits per heavy atom. The molecule has 0 radical (unpaired) electrons. The molecule has 0 spiro atoms. The number of rotatable bonds is 4. The van der Waals surface area contributed by atoms with E-state index in [1.54, 1.807) is 24.2 Å². The molecule has 3 heterocycles. The number of hydrogen-bond acceptors (Lipinski definition) is 6. The smallest absolute Gasteiger partial charge is 0.163 e.